The van der Waals surface area contributed by atoms with E-state index < -0.39 is 5.60 Å². The fourth-order valence-electron chi connectivity index (χ4n) is 6.07. The Morgan fingerprint density at radius 3 is 2.55 bits per heavy atom. The van der Waals surface area contributed by atoms with Crippen LogP contribution in [0, 0.1) is 28.6 Å². The molecule has 2 nitrogen and oxygen atoms in total. The van der Waals surface area contributed by atoms with Crippen molar-refractivity contribution in [2.24, 2.45) is 28.6 Å². The third-order valence-electron chi connectivity index (χ3n) is 6.53. The monoisotopic (exact) mass is 278 g/mol. The van der Waals surface area contributed by atoms with Crippen LogP contribution in [0.25, 0.3) is 0 Å². The number of methoxy groups -OCH3 is 1. The molecule has 114 valence electrons. The summed E-state index contributed by atoms with van der Waals surface area (Å²) in [5, 5.41) is 10.4. The van der Waals surface area contributed by atoms with Crippen molar-refractivity contribution in [1.29, 1.82) is 0 Å². The average Bonchev–Trinajstić information content (AvgIpc) is 2.77. The third kappa shape index (κ3) is 1.99. The highest BCUT2D eigenvalue weighted by atomic mass is 16.5. The summed E-state index contributed by atoms with van der Waals surface area (Å²) >= 11 is 0. The van der Waals surface area contributed by atoms with E-state index in [9.17, 15) is 5.11 Å². The summed E-state index contributed by atoms with van der Waals surface area (Å²) in [4.78, 5) is 0. The van der Waals surface area contributed by atoms with Crippen molar-refractivity contribution in [3.05, 3.63) is 11.6 Å². The lowest BCUT2D eigenvalue weighted by atomic mass is 9.69. The van der Waals surface area contributed by atoms with E-state index >= 15 is 0 Å². The molecule has 2 saturated carbocycles. The molecule has 0 aromatic heterocycles. The van der Waals surface area contributed by atoms with Crippen molar-refractivity contribution in [3.63, 3.8) is 0 Å². The molecule has 3 aliphatic rings. The maximum Gasteiger partial charge on any atom is 0.0808 e. The minimum atomic E-state index is -0.567. The van der Waals surface area contributed by atoms with E-state index in [-0.39, 0.29) is 0 Å². The topological polar surface area (TPSA) is 29.5 Å². The van der Waals surface area contributed by atoms with Crippen LogP contribution in [0.15, 0.2) is 11.6 Å². The number of hydrogen-bond donors (Lipinski definition) is 1. The Balaban J connectivity index is 1.91. The van der Waals surface area contributed by atoms with Gasteiger partial charge in [0.25, 0.3) is 0 Å². The first-order valence-electron chi connectivity index (χ1n) is 8.13. The number of fused-ring (bicyclic) bond motifs is 3. The second-order valence-corrected chi connectivity index (χ2v) is 8.70. The molecule has 2 fully saturated rings. The maximum atomic E-state index is 10.4. The zero-order valence-electron chi connectivity index (χ0n) is 13.7. The molecule has 0 aliphatic heterocycles. The van der Waals surface area contributed by atoms with E-state index in [0.29, 0.717) is 22.7 Å². The normalized spacial score (nSPS) is 49.1. The van der Waals surface area contributed by atoms with E-state index in [2.05, 4.69) is 26.8 Å². The van der Waals surface area contributed by atoms with Gasteiger partial charge in [-0.1, -0.05) is 32.4 Å². The lowest BCUT2D eigenvalue weighted by Gasteiger charge is -2.35. The summed E-state index contributed by atoms with van der Waals surface area (Å²) in [6.07, 6.45) is 6.90. The van der Waals surface area contributed by atoms with Gasteiger partial charge in [-0.05, 0) is 61.2 Å². The molecule has 1 N–H and O–H groups in total. The van der Waals surface area contributed by atoms with Crippen molar-refractivity contribution in [2.75, 3.05) is 13.7 Å². The predicted molar refractivity (Wildman–Crippen MR) is 81.4 cm³/mol. The largest absolute Gasteiger partial charge is 0.386 e. The molecule has 0 spiro atoms. The van der Waals surface area contributed by atoms with Gasteiger partial charge < -0.3 is 9.84 Å². The first-order valence-corrected chi connectivity index (χ1v) is 8.13. The summed E-state index contributed by atoms with van der Waals surface area (Å²) in [6, 6.07) is 0. The second-order valence-electron chi connectivity index (χ2n) is 8.70. The van der Waals surface area contributed by atoms with Crippen molar-refractivity contribution >= 4 is 0 Å². The van der Waals surface area contributed by atoms with Crippen LogP contribution in [0.2, 0.25) is 0 Å². The van der Waals surface area contributed by atoms with Gasteiger partial charge in [0.15, 0.2) is 0 Å². The summed E-state index contributed by atoms with van der Waals surface area (Å²) in [7, 11) is 1.80. The molecule has 0 aromatic carbocycles. The third-order valence-corrected chi connectivity index (χ3v) is 6.53. The summed E-state index contributed by atoms with van der Waals surface area (Å²) in [5.74, 6) is 2.02. The molecular weight excluding hydrogens is 248 g/mol. The molecule has 3 aliphatic carbocycles. The van der Waals surface area contributed by atoms with Gasteiger partial charge in [-0.25, -0.2) is 0 Å². The maximum absolute atomic E-state index is 10.4. The standard InChI is InChI=1S/C18H30O2/c1-16(2)13(6-7-20-5)10-17(3)8-12-9-18(4,19)11-14(12)15(16)17/h11-13,15,19H,6-10H2,1-5H3/t12-,13+,15+,17-,18+/m0/s1. The van der Waals surface area contributed by atoms with Gasteiger partial charge >= 0.3 is 0 Å². The molecule has 20 heavy (non-hydrogen) atoms. The van der Waals surface area contributed by atoms with E-state index in [0.717, 1.165) is 18.9 Å². The lowest BCUT2D eigenvalue weighted by Crippen LogP contribution is -2.29. The predicted octanol–water partition coefficient (Wildman–Crippen LogP) is 3.79. The summed E-state index contributed by atoms with van der Waals surface area (Å²) in [5.41, 5.74) is 1.77. The van der Waals surface area contributed by atoms with Crippen LogP contribution in [0.3, 0.4) is 0 Å². The smallest absolute Gasteiger partial charge is 0.0808 e. The lowest BCUT2D eigenvalue weighted by molar-refractivity contribution is 0.0942. The van der Waals surface area contributed by atoms with Crippen molar-refractivity contribution in [3.8, 4) is 0 Å². The zero-order chi connectivity index (χ0) is 14.8. The van der Waals surface area contributed by atoms with Gasteiger partial charge in [-0.2, -0.15) is 0 Å². The molecule has 0 amide bonds. The molecular formula is C18H30O2. The van der Waals surface area contributed by atoms with Gasteiger partial charge in [-0.15, -0.1) is 0 Å². The van der Waals surface area contributed by atoms with Crippen molar-refractivity contribution in [1.82, 2.24) is 0 Å². The molecule has 2 heteroatoms. The Bertz CT molecular complexity index is 435. The van der Waals surface area contributed by atoms with E-state index in [1.54, 1.807) is 12.7 Å². The SMILES string of the molecule is COCC[C@@H]1C[C@]2(C)C[C@H]3C[C@@](C)(O)C=C3[C@@H]2C1(C)C. The Labute approximate surface area is 123 Å². The van der Waals surface area contributed by atoms with Crippen LogP contribution >= 0.6 is 0 Å². The average molecular weight is 278 g/mol. The molecule has 0 aromatic rings. The van der Waals surface area contributed by atoms with Gasteiger partial charge in [-0.3, -0.25) is 0 Å². The number of aliphatic hydroxyl groups is 1. The Kier molecular flexibility index (Phi) is 3.16. The highest BCUT2D eigenvalue weighted by Gasteiger charge is 2.62. The molecule has 0 unspecified atom stereocenters. The number of ether oxygens (including phenoxy) is 1. The molecule has 5 atom stereocenters. The second kappa shape index (κ2) is 4.33. The van der Waals surface area contributed by atoms with Gasteiger partial charge in [0.1, 0.15) is 0 Å². The van der Waals surface area contributed by atoms with Crippen LogP contribution in [-0.2, 0) is 4.74 Å². The first kappa shape index (κ1) is 14.6. The minimum Gasteiger partial charge on any atom is -0.386 e. The van der Waals surface area contributed by atoms with E-state index in [1.807, 2.05) is 6.92 Å². The van der Waals surface area contributed by atoms with Crippen molar-refractivity contribution < 1.29 is 9.84 Å². The highest BCUT2D eigenvalue weighted by Crippen LogP contribution is 2.70. The molecule has 0 bridgehead atoms. The van der Waals surface area contributed by atoms with Crippen LogP contribution in [-0.4, -0.2) is 24.4 Å². The van der Waals surface area contributed by atoms with Gasteiger partial charge in [0.05, 0.1) is 5.60 Å². The quantitative estimate of drug-likeness (QED) is 0.796. The van der Waals surface area contributed by atoms with Gasteiger partial charge in [0.2, 0.25) is 0 Å². The molecule has 0 heterocycles. The summed E-state index contributed by atoms with van der Waals surface area (Å²) in [6.45, 7) is 10.2. The minimum absolute atomic E-state index is 0.328. The van der Waals surface area contributed by atoms with Crippen LogP contribution in [0.4, 0.5) is 0 Å². The summed E-state index contributed by atoms with van der Waals surface area (Å²) < 4.78 is 5.32. The van der Waals surface area contributed by atoms with Crippen LogP contribution in [0.5, 0.6) is 0 Å². The van der Waals surface area contributed by atoms with E-state index in [1.165, 1.54) is 19.3 Å². The molecule has 0 radical (unpaired) electrons. The van der Waals surface area contributed by atoms with Crippen LogP contribution < -0.4 is 0 Å². The number of rotatable bonds is 3. The Hall–Kier alpha value is -0.340. The number of hydrogen-bond acceptors (Lipinski definition) is 2. The number of allylic oxidation sites excluding steroid dienone is 1. The fraction of sp³-hybridized carbons (Fsp3) is 0.889. The van der Waals surface area contributed by atoms with Crippen molar-refractivity contribution in [2.45, 2.75) is 59.0 Å². The fourth-order valence-corrected chi connectivity index (χ4v) is 6.07. The van der Waals surface area contributed by atoms with Crippen LogP contribution in [0.1, 0.15) is 53.4 Å². The Morgan fingerprint density at radius 2 is 1.90 bits per heavy atom. The molecule has 3 rings (SSSR count). The van der Waals surface area contributed by atoms with Gasteiger partial charge in [0, 0.05) is 13.7 Å². The first-order chi connectivity index (χ1) is 9.20. The van der Waals surface area contributed by atoms with E-state index in [4.69, 9.17) is 4.74 Å². The zero-order valence-corrected chi connectivity index (χ0v) is 13.7. The molecule has 0 saturated heterocycles. The Morgan fingerprint density at radius 1 is 1.20 bits per heavy atom. The highest BCUT2D eigenvalue weighted by molar-refractivity contribution is 5.34.